The molecule has 0 fully saturated rings. The molecule has 4 nitrogen and oxygen atoms in total. The molecule has 21 heavy (non-hydrogen) atoms. The fourth-order valence-electron chi connectivity index (χ4n) is 2.58. The van der Waals surface area contributed by atoms with E-state index in [2.05, 4.69) is 20.9 Å². The number of halogens is 1. The third kappa shape index (κ3) is 2.78. The minimum atomic E-state index is -0.0269. The van der Waals surface area contributed by atoms with Gasteiger partial charge in [0.1, 0.15) is 5.75 Å². The van der Waals surface area contributed by atoms with E-state index in [9.17, 15) is 4.79 Å². The zero-order valence-corrected chi connectivity index (χ0v) is 13.2. The van der Waals surface area contributed by atoms with Crippen LogP contribution in [0.2, 0.25) is 0 Å². The predicted molar refractivity (Wildman–Crippen MR) is 83.3 cm³/mol. The molecule has 1 amide bonds. The molecule has 0 N–H and O–H groups in total. The van der Waals surface area contributed by atoms with E-state index in [0.29, 0.717) is 12.2 Å². The molecule has 3 rings (SSSR count). The van der Waals surface area contributed by atoms with Gasteiger partial charge in [0.25, 0.3) is 5.91 Å². The van der Waals surface area contributed by atoms with Gasteiger partial charge in [-0.25, -0.2) is 0 Å². The molecule has 2 heterocycles. The standard InChI is InChI=1S/C16H15BrN2O2/c1-19(16(20)11-3-2-7-18-10-11)14-6-8-21-15-5-4-12(17)9-13(14)15/h2-5,7,9-10,14H,6,8H2,1H3/t14-/m0/s1. The molecule has 0 saturated carbocycles. The van der Waals surface area contributed by atoms with Gasteiger partial charge in [-0.05, 0) is 30.3 Å². The quantitative estimate of drug-likeness (QED) is 0.836. The molecule has 5 heteroatoms. The highest BCUT2D eigenvalue weighted by atomic mass is 79.9. The zero-order chi connectivity index (χ0) is 14.8. The summed E-state index contributed by atoms with van der Waals surface area (Å²) < 4.78 is 6.66. The van der Waals surface area contributed by atoms with E-state index in [4.69, 9.17) is 4.74 Å². The minimum Gasteiger partial charge on any atom is -0.493 e. The number of fused-ring (bicyclic) bond motifs is 1. The molecule has 1 aromatic heterocycles. The molecule has 108 valence electrons. The smallest absolute Gasteiger partial charge is 0.255 e. The Morgan fingerprint density at radius 2 is 2.29 bits per heavy atom. The maximum atomic E-state index is 12.6. The maximum Gasteiger partial charge on any atom is 0.255 e. The number of carbonyl (C=O) groups excluding carboxylic acids is 1. The number of ether oxygens (including phenoxy) is 1. The first-order valence-corrected chi connectivity index (χ1v) is 7.55. The summed E-state index contributed by atoms with van der Waals surface area (Å²) in [6.07, 6.45) is 4.05. The summed E-state index contributed by atoms with van der Waals surface area (Å²) in [5.41, 5.74) is 1.64. The summed E-state index contributed by atoms with van der Waals surface area (Å²) in [5, 5.41) is 0. The third-order valence-corrected chi connectivity index (χ3v) is 4.17. The van der Waals surface area contributed by atoms with E-state index in [1.165, 1.54) is 0 Å². The largest absolute Gasteiger partial charge is 0.493 e. The highest BCUT2D eigenvalue weighted by Gasteiger charge is 2.28. The Morgan fingerprint density at radius 1 is 1.43 bits per heavy atom. The fraction of sp³-hybridized carbons (Fsp3) is 0.250. The van der Waals surface area contributed by atoms with Crippen molar-refractivity contribution < 1.29 is 9.53 Å². The maximum absolute atomic E-state index is 12.6. The van der Waals surface area contributed by atoms with Crippen LogP contribution in [-0.4, -0.2) is 29.4 Å². The number of hydrogen-bond donors (Lipinski definition) is 0. The molecule has 0 aliphatic carbocycles. The fourth-order valence-corrected chi connectivity index (χ4v) is 2.96. The van der Waals surface area contributed by atoms with Crippen LogP contribution >= 0.6 is 15.9 Å². The van der Waals surface area contributed by atoms with E-state index in [-0.39, 0.29) is 11.9 Å². The van der Waals surface area contributed by atoms with Gasteiger partial charge in [0.05, 0.1) is 18.2 Å². The number of pyridine rings is 1. The van der Waals surface area contributed by atoms with Crippen LogP contribution in [0.5, 0.6) is 5.75 Å². The van der Waals surface area contributed by atoms with Crippen molar-refractivity contribution in [3.8, 4) is 5.75 Å². The second-order valence-electron chi connectivity index (χ2n) is 4.99. The lowest BCUT2D eigenvalue weighted by molar-refractivity contribution is 0.0686. The first-order chi connectivity index (χ1) is 10.2. The van der Waals surface area contributed by atoms with Gasteiger partial charge < -0.3 is 9.64 Å². The second kappa shape index (κ2) is 5.85. The summed E-state index contributed by atoms with van der Waals surface area (Å²) in [4.78, 5) is 18.4. The number of hydrogen-bond acceptors (Lipinski definition) is 3. The molecule has 0 radical (unpaired) electrons. The van der Waals surface area contributed by atoms with Crippen molar-refractivity contribution in [3.05, 3.63) is 58.3 Å². The number of amides is 1. The lowest BCUT2D eigenvalue weighted by Crippen LogP contribution is -2.34. The van der Waals surface area contributed by atoms with Crippen LogP contribution in [0.25, 0.3) is 0 Å². The van der Waals surface area contributed by atoms with Crippen LogP contribution in [-0.2, 0) is 0 Å². The third-order valence-electron chi connectivity index (χ3n) is 3.68. The molecule has 0 spiro atoms. The van der Waals surface area contributed by atoms with Gasteiger partial charge in [-0.15, -0.1) is 0 Å². The van der Waals surface area contributed by atoms with Gasteiger partial charge in [0.2, 0.25) is 0 Å². The Bertz CT molecular complexity index is 661. The van der Waals surface area contributed by atoms with Gasteiger partial charge in [-0.3, -0.25) is 9.78 Å². The molecule has 2 aromatic rings. The Labute approximate surface area is 131 Å². The van der Waals surface area contributed by atoms with Crippen molar-refractivity contribution >= 4 is 21.8 Å². The molecule has 0 saturated heterocycles. The second-order valence-corrected chi connectivity index (χ2v) is 5.91. The van der Waals surface area contributed by atoms with Crippen molar-refractivity contribution in [3.63, 3.8) is 0 Å². The Balaban J connectivity index is 1.91. The number of aromatic nitrogens is 1. The van der Waals surface area contributed by atoms with Crippen molar-refractivity contribution in [1.82, 2.24) is 9.88 Å². The highest BCUT2D eigenvalue weighted by Crippen LogP contribution is 2.37. The minimum absolute atomic E-state index is 0.0129. The average Bonchev–Trinajstić information content (AvgIpc) is 2.53. The number of carbonyl (C=O) groups is 1. The monoisotopic (exact) mass is 346 g/mol. The van der Waals surface area contributed by atoms with Crippen molar-refractivity contribution in [2.24, 2.45) is 0 Å². The van der Waals surface area contributed by atoms with E-state index in [1.807, 2.05) is 25.2 Å². The van der Waals surface area contributed by atoms with E-state index in [1.54, 1.807) is 29.4 Å². The molecule has 0 bridgehead atoms. The summed E-state index contributed by atoms with van der Waals surface area (Å²) in [7, 11) is 1.83. The lowest BCUT2D eigenvalue weighted by atomic mass is 9.99. The Hall–Kier alpha value is -1.88. The van der Waals surface area contributed by atoms with Gasteiger partial charge in [0, 0.05) is 35.9 Å². The first-order valence-electron chi connectivity index (χ1n) is 6.76. The van der Waals surface area contributed by atoms with E-state index >= 15 is 0 Å². The van der Waals surface area contributed by atoms with Crippen LogP contribution in [0, 0.1) is 0 Å². The molecule has 1 aliphatic rings. The van der Waals surface area contributed by atoms with Crippen molar-refractivity contribution in [1.29, 1.82) is 0 Å². The first kappa shape index (κ1) is 14.1. The summed E-state index contributed by atoms with van der Waals surface area (Å²) in [6.45, 7) is 0.615. The van der Waals surface area contributed by atoms with Crippen LogP contribution in [0.15, 0.2) is 47.2 Å². The Kier molecular flexibility index (Phi) is 3.92. The topological polar surface area (TPSA) is 42.4 Å². The molecule has 0 unspecified atom stereocenters. The average molecular weight is 347 g/mol. The predicted octanol–water partition coefficient (Wildman–Crippen LogP) is 3.44. The van der Waals surface area contributed by atoms with Gasteiger partial charge in [-0.2, -0.15) is 0 Å². The van der Waals surface area contributed by atoms with E-state index in [0.717, 1.165) is 22.2 Å². The number of benzene rings is 1. The molecular weight excluding hydrogens is 332 g/mol. The Morgan fingerprint density at radius 3 is 3.05 bits per heavy atom. The summed E-state index contributed by atoms with van der Waals surface area (Å²) in [5.74, 6) is 0.821. The van der Waals surface area contributed by atoms with Gasteiger partial charge >= 0.3 is 0 Å². The zero-order valence-electron chi connectivity index (χ0n) is 11.6. The molecule has 1 atom stereocenters. The van der Waals surface area contributed by atoms with Gasteiger partial charge in [0.15, 0.2) is 0 Å². The SMILES string of the molecule is CN(C(=O)c1cccnc1)[C@H]1CCOc2ccc(Br)cc21. The van der Waals surface area contributed by atoms with Crippen LogP contribution < -0.4 is 4.74 Å². The highest BCUT2D eigenvalue weighted by molar-refractivity contribution is 9.10. The number of nitrogens with zero attached hydrogens (tertiary/aromatic N) is 2. The summed E-state index contributed by atoms with van der Waals surface area (Å²) in [6, 6.07) is 9.48. The normalized spacial score (nSPS) is 16.8. The number of rotatable bonds is 2. The van der Waals surface area contributed by atoms with E-state index < -0.39 is 0 Å². The molecular formula is C16H15BrN2O2. The molecule has 1 aromatic carbocycles. The van der Waals surface area contributed by atoms with Crippen LogP contribution in [0.1, 0.15) is 28.4 Å². The van der Waals surface area contributed by atoms with Crippen LogP contribution in [0.4, 0.5) is 0 Å². The van der Waals surface area contributed by atoms with Crippen molar-refractivity contribution in [2.75, 3.05) is 13.7 Å². The van der Waals surface area contributed by atoms with Crippen molar-refractivity contribution in [2.45, 2.75) is 12.5 Å². The van der Waals surface area contributed by atoms with Gasteiger partial charge in [-0.1, -0.05) is 15.9 Å². The van der Waals surface area contributed by atoms with Crippen LogP contribution in [0.3, 0.4) is 0 Å². The lowest BCUT2D eigenvalue weighted by Gasteiger charge is -2.33. The summed E-state index contributed by atoms with van der Waals surface area (Å²) >= 11 is 3.48. The molecule has 1 aliphatic heterocycles.